The number of hydrogen-bond acceptors (Lipinski definition) is 3. The molecule has 0 radical (unpaired) electrons. The highest BCUT2D eigenvalue weighted by atomic mass is 16.5. The normalized spacial score (nSPS) is 23.2. The standard InChI is InChI=1S/C11H17NO3/c1-5-8(10(14)15-4)12-9(13)7-6-11(7,2)3/h5,7H,6H2,1-4H3,(H,12,13). The Kier molecular flexibility index (Phi) is 3.17. The first-order chi connectivity index (χ1) is 6.92. The lowest BCUT2D eigenvalue weighted by Gasteiger charge is -2.08. The van der Waals surface area contributed by atoms with E-state index >= 15 is 0 Å². The maximum atomic E-state index is 11.7. The summed E-state index contributed by atoms with van der Waals surface area (Å²) in [5.74, 6) is -0.597. The lowest BCUT2D eigenvalue weighted by atomic mass is 10.1. The Bertz CT molecular complexity index is 318. The molecule has 4 heteroatoms. The summed E-state index contributed by atoms with van der Waals surface area (Å²) < 4.78 is 4.53. The highest BCUT2D eigenvalue weighted by Gasteiger charge is 2.50. The Morgan fingerprint density at radius 3 is 2.33 bits per heavy atom. The van der Waals surface area contributed by atoms with Crippen molar-refractivity contribution in [1.29, 1.82) is 0 Å². The topological polar surface area (TPSA) is 55.4 Å². The van der Waals surface area contributed by atoms with Crippen molar-refractivity contribution in [1.82, 2.24) is 5.32 Å². The van der Waals surface area contributed by atoms with Crippen molar-refractivity contribution >= 4 is 11.9 Å². The van der Waals surface area contributed by atoms with Crippen LogP contribution in [-0.2, 0) is 14.3 Å². The smallest absolute Gasteiger partial charge is 0.354 e. The van der Waals surface area contributed by atoms with E-state index in [9.17, 15) is 9.59 Å². The summed E-state index contributed by atoms with van der Waals surface area (Å²) in [6, 6.07) is 0. The maximum Gasteiger partial charge on any atom is 0.354 e. The lowest BCUT2D eigenvalue weighted by Crippen LogP contribution is -2.30. The van der Waals surface area contributed by atoms with E-state index in [2.05, 4.69) is 10.1 Å². The van der Waals surface area contributed by atoms with Gasteiger partial charge in [-0.15, -0.1) is 0 Å². The molecule has 4 nitrogen and oxygen atoms in total. The van der Waals surface area contributed by atoms with Gasteiger partial charge in [0.25, 0.3) is 0 Å². The Morgan fingerprint density at radius 1 is 1.47 bits per heavy atom. The summed E-state index contributed by atoms with van der Waals surface area (Å²) >= 11 is 0. The average Bonchev–Trinajstić information content (AvgIpc) is 2.82. The second-order valence-corrected chi connectivity index (χ2v) is 4.43. The zero-order valence-corrected chi connectivity index (χ0v) is 9.59. The van der Waals surface area contributed by atoms with E-state index in [0.717, 1.165) is 6.42 Å². The summed E-state index contributed by atoms with van der Waals surface area (Å²) in [4.78, 5) is 22.8. The number of nitrogens with one attached hydrogen (secondary N) is 1. The van der Waals surface area contributed by atoms with E-state index < -0.39 is 5.97 Å². The number of hydrogen-bond donors (Lipinski definition) is 1. The fourth-order valence-electron chi connectivity index (χ4n) is 1.49. The van der Waals surface area contributed by atoms with E-state index in [-0.39, 0.29) is 22.9 Å². The Morgan fingerprint density at radius 2 is 2.00 bits per heavy atom. The van der Waals surface area contributed by atoms with E-state index in [1.54, 1.807) is 13.0 Å². The van der Waals surface area contributed by atoms with Crippen LogP contribution in [0.2, 0.25) is 0 Å². The van der Waals surface area contributed by atoms with Crippen LogP contribution in [-0.4, -0.2) is 19.0 Å². The van der Waals surface area contributed by atoms with Gasteiger partial charge in [-0.1, -0.05) is 19.9 Å². The number of amides is 1. The molecule has 0 aromatic carbocycles. The van der Waals surface area contributed by atoms with Crippen molar-refractivity contribution in [3.05, 3.63) is 11.8 Å². The van der Waals surface area contributed by atoms with Crippen LogP contribution in [0.3, 0.4) is 0 Å². The molecule has 0 aromatic rings. The highest BCUT2D eigenvalue weighted by Crippen LogP contribution is 2.51. The van der Waals surface area contributed by atoms with Crippen molar-refractivity contribution in [2.75, 3.05) is 7.11 Å². The van der Waals surface area contributed by atoms with Gasteiger partial charge in [-0.3, -0.25) is 4.79 Å². The number of rotatable bonds is 3. The van der Waals surface area contributed by atoms with E-state index in [1.165, 1.54) is 7.11 Å². The van der Waals surface area contributed by atoms with E-state index in [1.807, 2.05) is 13.8 Å². The van der Waals surface area contributed by atoms with Crippen molar-refractivity contribution < 1.29 is 14.3 Å². The number of allylic oxidation sites excluding steroid dienone is 1. The molecule has 0 bridgehead atoms. The van der Waals surface area contributed by atoms with Crippen LogP contribution in [0.4, 0.5) is 0 Å². The van der Waals surface area contributed by atoms with Crippen molar-refractivity contribution in [3.8, 4) is 0 Å². The molecule has 1 amide bonds. The third kappa shape index (κ3) is 2.58. The monoisotopic (exact) mass is 211 g/mol. The minimum Gasteiger partial charge on any atom is -0.464 e. The van der Waals surface area contributed by atoms with Gasteiger partial charge in [0.1, 0.15) is 5.70 Å². The predicted octanol–water partition coefficient (Wildman–Crippen LogP) is 1.23. The molecule has 1 rings (SSSR count). The fourth-order valence-corrected chi connectivity index (χ4v) is 1.49. The zero-order chi connectivity index (χ0) is 11.6. The molecule has 1 fully saturated rings. The second-order valence-electron chi connectivity index (χ2n) is 4.43. The molecule has 0 aromatic heterocycles. The third-order valence-electron chi connectivity index (χ3n) is 2.78. The van der Waals surface area contributed by atoms with Crippen molar-refractivity contribution in [2.24, 2.45) is 11.3 Å². The number of carbonyl (C=O) groups excluding carboxylic acids is 2. The van der Waals surface area contributed by atoms with Gasteiger partial charge in [-0.05, 0) is 18.8 Å². The van der Waals surface area contributed by atoms with E-state index in [4.69, 9.17) is 0 Å². The van der Waals surface area contributed by atoms with Crippen LogP contribution in [0.5, 0.6) is 0 Å². The van der Waals surface area contributed by atoms with Gasteiger partial charge in [0.15, 0.2) is 0 Å². The number of esters is 1. The molecule has 1 aliphatic rings. The van der Waals surface area contributed by atoms with Gasteiger partial charge >= 0.3 is 5.97 Å². The Hall–Kier alpha value is -1.32. The molecular formula is C11H17NO3. The van der Waals surface area contributed by atoms with Gasteiger partial charge in [0.05, 0.1) is 7.11 Å². The average molecular weight is 211 g/mol. The van der Waals surface area contributed by atoms with Crippen molar-refractivity contribution in [3.63, 3.8) is 0 Å². The highest BCUT2D eigenvalue weighted by molar-refractivity contribution is 5.95. The summed E-state index contributed by atoms with van der Waals surface area (Å²) in [5.41, 5.74) is 0.282. The van der Waals surface area contributed by atoms with Crippen LogP contribution in [0.1, 0.15) is 27.2 Å². The molecule has 0 saturated heterocycles. The molecule has 1 N–H and O–H groups in total. The summed E-state index contributed by atoms with van der Waals surface area (Å²) in [7, 11) is 1.29. The maximum absolute atomic E-state index is 11.7. The lowest BCUT2D eigenvalue weighted by molar-refractivity contribution is -0.138. The number of carbonyl (C=O) groups is 2. The largest absolute Gasteiger partial charge is 0.464 e. The second kappa shape index (κ2) is 4.04. The van der Waals surface area contributed by atoms with Gasteiger partial charge in [0.2, 0.25) is 5.91 Å². The SMILES string of the molecule is CC=C(NC(=O)C1CC1(C)C)C(=O)OC. The molecule has 1 saturated carbocycles. The van der Waals surface area contributed by atoms with Crippen molar-refractivity contribution in [2.45, 2.75) is 27.2 Å². The summed E-state index contributed by atoms with van der Waals surface area (Å²) in [5, 5.41) is 2.58. The third-order valence-corrected chi connectivity index (χ3v) is 2.78. The van der Waals surface area contributed by atoms with E-state index in [0.29, 0.717) is 0 Å². The minimum atomic E-state index is -0.510. The van der Waals surface area contributed by atoms with Crippen LogP contribution >= 0.6 is 0 Å². The molecule has 1 unspecified atom stereocenters. The minimum absolute atomic E-state index is 0.0112. The molecule has 0 aliphatic heterocycles. The summed E-state index contributed by atoms with van der Waals surface area (Å²) in [6.45, 7) is 5.75. The Labute approximate surface area is 89.7 Å². The first-order valence-corrected chi connectivity index (χ1v) is 4.98. The van der Waals surface area contributed by atoms with Crippen LogP contribution in [0, 0.1) is 11.3 Å². The van der Waals surface area contributed by atoms with Crippen LogP contribution in [0.25, 0.3) is 0 Å². The van der Waals surface area contributed by atoms with Gasteiger partial charge in [-0.25, -0.2) is 4.79 Å². The molecule has 84 valence electrons. The van der Waals surface area contributed by atoms with Gasteiger partial charge in [0, 0.05) is 5.92 Å². The quantitative estimate of drug-likeness (QED) is 0.564. The number of ether oxygens (including phenoxy) is 1. The predicted molar refractivity (Wildman–Crippen MR) is 55.8 cm³/mol. The molecule has 0 heterocycles. The zero-order valence-electron chi connectivity index (χ0n) is 9.59. The molecule has 1 atom stereocenters. The molecular weight excluding hydrogens is 194 g/mol. The van der Waals surface area contributed by atoms with Crippen LogP contribution < -0.4 is 5.32 Å². The van der Waals surface area contributed by atoms with Crippen LogP contribution in [0.15, 0.2) is 11.8 Å². The number of methoxy groups -OCH3 is 1. The molecule has 0 spiro atoms. The molecule has 15 heavy (non-hydrogen) atoms. The summed E-state index contributed by atoms with van der Waals surface area (Å²) in [6.07, 6.45) is 2.41. The first-order valence-electron chi connectivity index (χ1n) is 4.98. The van der Waals surface area contributed by atoms with Gasteiger partial charge < -0.3 is 10.1 Å². The fraction of sp³-hybridized carbons (Fsp3) is 0.636. The molecule has 1 aliphatic carbocycles. The first kappa shape index (κ1) is 11.8. The Balaban J connectivity index is 2.55. The van der Waals surface area contributed by atoms with Gasteiger partial charge in [-0.2, -0.15) is 0 Å².